The minimum absolute atomic E-state index is 0.0783. The molecule has 0 aliphatic heterocycles. The van der Waals surface area contributed by atoms with Gasteiger partial charge in [-0.25, -0.2) is 0 Å². The number of carboxylic acid groups (broad SMARTS) is 1. The summed E-state index contributed by atoms with van der Waals surface area (Å²) in [6.07, 6.45) is -3.23. The highest BCUT2D eigenvalue weighted by Crippen LogP contribution is 2.34. The van der Waals surface area contributed by atoms with Gasteiger partial charge >= 0.3 is 12.1 Å². The minimum Gasteiger partial charge on any atom is -0.481 e. The van der Waals surface area contributed by atoms with Gasteiger partial charge in [-0.15, -0.1) is 0 Å². The highest BCUT2D eigenvalue weighted by molar-refractivity contribution is 6.19. The van der Waals surface area contributed by atoms with E-state index in [0.29, 0.717) is 27.9 Å². The van der Waals surface area contributed by atoms with Crippen LogP contribution in [-0.4, -0.2) is 27.8 Å². The van der Waals surface area contributed by atoms with Crippen LogP contribution in [0, 0.1) is 0 Å². The first kappa shape index (κ1) is 29.1. The fraction of sp³-hybridized carbons (Fsp3) is 0.0882. The molecule has 5 rings (SSSR count). The largest absolute Gasteiger partial charge is 0.481 e. The molecule has 3 N–H and O–H groups in total. The number of hydrogen-bond donors (Lipinski definition) is 3. The SMILES string of the molecule is O=C(O)Cc1ccc(-c2[nH]cc(C(=O)c3ccccc3-c3ccc(C(F)(F)F)cc3)c2C(=O)NCc2ccccc2)cc1. The molecule has 0 aliphatic carbocycles. The maximum Gasteiger partial charge on any atom is 0.416 e. The van der Waals surface area contributed by atoms with Crippen molar-refractivity contribution in [1.29, 1.82) is 0 Å². The van der Waals surface area contributed by atoms with Crippen LogP contribution in [0.15, 0.2) is 109 Å². The number of carboxylic acids is 1. The zero-order chi connectivity index (χ0) is 30.6. The van der Waals surface area contributed by atoms with E-state index in [-0.39, 0.29) is 29.7 Å². The van der Waals surface area contributed by atoms with Crippen LogP contribution in [0.1, 0.15) is 43.0 Å². The van der Waals surface area contributed by atoms with Gasteiger partial charge in [-0.3, -0.25) is 14.4 Å². The summed E-state index contributed by atoms with van der Waals surface area (Å²) in [5.74, 6) is -1.98. The van der Waals surface area contributed by atoms with E-state index in [1.807, 2.05) is 30.3 Å². The Morgan fingerprint density at radius 1 is 0.721 bits per heavy atom. The van der Waals surface area contributed by atoms with Crippen molar-refractivity contribution in [2.45, 2.75) is 19.1 Å². The van der Waals surface area contributed by atoms with Crippen molar-refractivity contribution in [2.75, 3.05) is 0 Å². The maximum atomic E-state index is 14.0. The number of halogens is 3. The molecule has 5 aromatic rings. The van der Waals surface area contributed by atoms with Gasteiger partial charge in [-0.05, 0) is 39.9 Å². The Morgan fingerprint density at radius 3 is 2.00 bits per heavy atom. The van der Waals surface area contributed by atoms with Crippen LogP contribution in [0.5, 0.6) is 0 Å². The molecular formula is C34H25F3N2O4. The van der Waals surface area contributed by atoms with Crippen molar-refractivity contribution in [1.82, 2.24) is 10.3 Å². The number of hydrogen-bond acceptors (Lipinski definition) is 3. The summed E-state index contributed by atoms with van der Waals surface area (Å²) >= 11 is 0. The number of benzene rings is 4. The molecule has 0 aliphatic rings. The van der Waals surface area contributed by atoms with E-state index in [9.17, 15) is 27.6 Å². The van der Waals surface area contributed by atoms with Gasteiger partial charge in [-0.1, -0.05) is 91.0 Å². The first-order valence-corrected chi connectivity index (χ1v) is 13.3. The topological polar surface area (TPSA) is 99.3 Å². The van der Waals surface area contributed by atoms with Gasteiger partial charge in [0.15, 0.2) is 5.78 Å². The van der Waals surface area contributed by atoms with Crippen LogP contribution in [0.3, 0.4) is 0 Å². The number of aliphatic carboxylic acids is 1. The Hall–Kier alpha value is -5.44. The molecule has 0 bridgehead atoms. The molecule has 216 valence electrons. The first-order valence-electron chi connectivity index (χ1n) is 13.3. The molecule has 0 spiro atoms. The van der Waals surface area contributed by atoms with Crippen LogP contribution in [-0.2, 0) is 23.9 Å². The summed E-state index contributed by atoms with van der Waals surface area (Å²) < 4.78 is 39.4. The molecule has 1 amide bonds. The summed E-state index contributed by atoms with van der Waals surface area (Å²) in [6, 6.07) is 26.9. The lowest BCUT2D eigenvalue weighted by atomic mass is 9.92. The smallest absolute Gasteiger partial charge is 0.416 e. The summed E-state index contributed by atoms with van der Waals surface area (Å²) in [5.41, 5.74) is 2.75. The van der Waals surface area contributed by atoms with Gasteiger partial charge in [0, 0.05) is 18.3 Å². The van der Waals surface area contributed by atoms with Crippen LogP contribution in [0.4, 0.5) is 13.2 Å². The summed E-state index contributed by atoms with van der Waals surface area (Å²) in [7, 11) is 0. The molecule has 0 saturated heterocycles. The third kappa shape index (κ3) is 6.56. The Morgan fingerprint density at radius 2 is 1.35 bits per heavy atom. The number of ketones is 1. The number of rotatable bonds is 9. The lowest BCUT2D eigenvalue weighted by molar-refractivity contribution is -0.138. The predicted molar refractivity (Wildman–Crippen MR) is 155 cm³/mol. The number of amides is 1. The van der Waals surface area contributed by atoms with Gasteiger partial charge in [0.2, 0.25) is 0 Å². The van der Waals surface area contributed by atoms with Gasteiger partial charge in [0.25, 0.3) is 5.91 Å². The number of aromatic nitrogens is 1. The molecule has 1 heterocycles. The summed E-state index contributed by atoms with van der Waals surface area (Å²) in [6.45, 7) is 0.206. The number of carbonyl (C=O) groups is 3. The lowest BCUT2D eigenvalue weighted by Crippen LogP contribution is -2.25. The molecule has 0 atom stereocenters. The zero-order valence-corrected chi connectivity index (χ0v) is 22.6. The third-order valence-electron chi connectivity index (χ3n) is 6.94. The molecule has 0 saturated carbocycles. The Labute approximate surface area is 244 Å². The molecular weight excluding hydrogens is 557 g/mol. The fourth-order valence-electron chi connectivity index (χ4n) is 4.81. The van der Waals surface area contributed by atoms with Gasteiger partial charge < -0.3 is 15.4 Å². The summed E-state index contributed by atoms with van der Waals surface area (Å²) in [5, 5.41) is 12.0. The summed E-state index contributed by atoms with van der Waals surface area (Å²) in [4.78, 5) is 41.9. The van der Waals surface area contributed by atoms with E-state index in [1.54, 1.807) is 48.5 Å². The molecule has 0 fully saturated rings. The standard InChI is InChI=1S/C34H25F3N2O4/c35-34(36,37)25-16-14-23(15-17-25)26-8-4-5-9-27(26)32(42)28-20-38-31(24-12-10-21(11-13-24)18-29(40)41)30(28)33(43)39-19-22-6-2-1-3-7-22/h1-17,20,38H,18-19H2,(H,39,43)(H,40,41). The molecule has 0 unspecified atom stereocenters. The van der Waals surface area contributed by atoms with Crippen LogP contribution < -0.4 is 5.32 Å². The second kappa shape index (κ2) is 12.2. The third-order valence-corrected chi connectivity index (χ3v) is 6.94. The van der Waals surface area contributed by atoms with Crippen molar-refractivity contribution in [3.05, 3.63) is 143 Å². The van der Waals surface area contributed by atoms with E-state index in [0.717, 1.165) is 17.7 Å². The van der Waals surface area contributed by atoms with E-state index in [1.165, 1.54) is 18.3 Å². The quantitative estimate of drug-likeness (QED) is 0.161. The monoisotopic (exact) mass is 582 g/mol. The van der Waals surface area contributed by atoms with Gasteiger partial charge in [0.05, 0.1) is 28.8 Å². The number of carbonyl (C=O) groups excluding carboxylic acids is 2. The normalized spacial score (nSPS) is 11.2. The minimum atomic E-state index is -4.50. The average Bonchev–Trinajstić information content (AvgIpc) is 3.45. The first-order chi connectivity index (χ1) is 20.6. The molecule has 4 aromatic carbocycles. The highest BCUT2D eigenvalue weighted by atomic mass is 19.4. The Kier molecular flexibility index (Phi) is 8.25. The van der Waals surface area contributed by atoms with E-state index in [4.69, 9.17) is 5.11 Å². The number of alkyl halides is 3. The molecule has 6 nitrogen and oxygen atoms in total. The number of H-pyrrole nitrogens is 1. The lowest BCUT2D eigenvalue weighted by Gasteiger charge is -2.13. The van der Waals surface area contributed by atoms with Crippen molar-refractivity contribution >= 4 is 17.7 Å². The van der Waals surface area contributed by atoms with Gasteiger partial charge in [-0.2, -0.15) is 13.2 Å². The Bertz CT molecular complexity index is 1780. The van der Waals surface area contributed by atoms with Crippen molar-refractivity contribution in [3.63, 3.8) is 0 Å². The molecule has 1 aromatic heterocycles. The Balaban J connectivity index is 1.55. The van der Waals surface area contributed by atoms with Crippen LogP contribution in [0.25, 0.3) is 22.4 Å². The molecule has 0 radical (unpaired) electrons. The van der Waals surface area contributed by atoms with Gasteiger partial charge in [0.1, 0.15) is 0 Å². The second-order valence-electron chi connectivity index (χ2n) is 9.84. The fourth-order valence-corrected chi connectivity index (χ4v) is 4.81. The van der Waals surface area contributed by atoms with Crippen LogP contribution in [0.2, 0.25) is 0 Å². The second-order valence-corrected chi connectivity index (χ2v) is 9.84. The van der Waals surface area contributed by atoms with Crippen LogP contribution >= 0.6 is 0 Å². The zero-order valence-electron chi connectivity index (χ0n) is 22.6. The maximum absolute atomic E-state index is 14.0. The van der Waals surface area contributed by atoms with Crippen molar-refractivity contribution in [2.24, 2.45) is 0 Å². The number of nitrogens with one attached hydrogen (secondary N) is 2. The average molecular weight is 583 g/mol. The number of aromatic amines is 1. The van der Waals surface area contributed by atoms with E-state index >= 15 is 0 Å². The highest BCUT2D eigenvalue weighted by Gasteiger charge is 2.30. The van der Waals surface area contributed by atoms with E-state index < -0.39 is 29.4 Å². The predicted octanol–water partition coefficient (Wildman–Crippen LogP) is 7.16. The van der Waals surface area contributed by atoms with Crippen molar-refractivity contribution < 1.29 is 32.7 Å². The van der Waals surface area contributed by atoms with Crippen molar-refractivity contribution in [3.8, 4) is 22.4 Å². The molecule has 43 heavy (non-hydrogen) atoms. The molecule has 9 heteroatoms. The van der Waals surface area contributed by atoms with E-state index in [2.05, 4.69) is 10.3 Å².